The van der Waals surface area contributed by atoms with Crippen LogP contribution in [0.4, 0.5) is 8.78 Å². The van der Waals surface area contributed by atoms with Crippen molar-refractivity contribution in [1.29, 1.82) is 0 Å². The molecule has 1 fully saturated rings. The number of aryl methyl sites for hydroxylation is 1. The fraction of sp³-hybridized carbons (Fsp3) is 0.500. The van der Waals surface area contributed by atoms with E-state index in [1.165, 1.54) is 12.1 Å². The average Bonchev–Trinajstić information content (AvgIpc) is 2.27. The topological polar surface area (TPSA) is 52.6 Å². The van der Waals surface area contributed by atoms with E-state index in [9.17, 15) is 17.2 Å². The molecule has 0 unspecified atom stereocenters. The second-order valence-electron chi connectivity index (χ2n) is 4.69. The van der Waals surface area contributed by atoms with Crippen LogP contribution in [-0.2, 0) is 19.0 Å². The second kappa shape index (κ2) is 5.15. The van der Waals surface area contributed by atoms with Crippen LogP contribution in [0.2, 0.25) is 0 Å². The molecule has 0 radical (unpaired) electrons. The number of ether oxygens (including phenoxy) is 1. The second-order valence-corrected chi connectivity index (χ2v) is 6.30. The van der Waals surface area contributed by atoms with Gasteiger partial charge >= 0.3 is 0 Å². The van der Waals surface area contributed by atoms with Crippen molar-refractivity contribution >= 4 is 10.1 Å². The molecule has 0 amide bonds. The number of alkyl halides is 2. The third-order valence-electron chi connectivity index (χ3n) is 3.05. The molecule has 7 heteroatoms. The van der Waals surface area contributed by atoms with Gasteiger partial charge in [0.25, 0.3) is 16.5 Å². The SMILES string of the molecule is Cc1ccc(S(=O)(=O)OCC2(C(F)F)COC2)cc1. The Morgan fingerprint density at radius 1 is 1.32 bits per heavy atom. The van der Waals surface area contributed by atoms with Crippen LogP contribution in [0.25, 0.3) is 0 Å². The molecule has 19 heavy (non-hydrogen) atoms. The van der Waals surface area contributed by atoms with Gasteiger partial charge in [-0.15, -0.1) is 0 Å². The maximum absolute atomic E-state index is 12.8. The Morgan fingerprint density at radius 2 is 1.89 bits per heavy atom. The highest BCUT2D eigenvalue weighted by atomic mass is 32.2. The number of benzene rings is 1. The van der Waals surface area contributed by atoms with E-state index in [0.29, 0.717) is 0 Å². The van der Waals surface area contributed by atoms with Gasteiger partial charge in [-0.05, 0) is 19.1 Å². The first-order chi connectivity index (χ1) is 8.86. The lowest BCUT2D eigenvalue weighted by Crippen LogP contribution is -2.52. The summed E-state index contributed by atoms with van der Waals surface area (Å²) in [7, 11) is -4.01. The van der Waals surface area contributed by atoms with Gasteiger partial charge in [0.15, 0.2) is 0 Å². The van der Waals surface area contributed by atoms with Crippen molar-refractivity contribution in [3.63, 3.8) is 0 Å². The number of hydrogen-bond acceptors (Lipinski definition) is 4. The molecule has 1 heterocycles. The molecular formula is C12H14F2O4S. The predicted molar refractivity (Wildman–Crippen MR) is 63.6 cm³/mol. The van der Waals surface area contributed by atoms with E-state index >= 15 is 0 Å². The maximum Gasteiger partial charge on any atom is 0.296 e. The summed E-state index contributed by atoms with van der Waals surface area (Å²) in [5.41, 5.74) is -0.604. The summed E-state index contributed by atoms with van der Waals surface area (Å²) in [6.45, 7) is 0.873. The summed E-state index contributed by atoms with van der Waals surface area (Å²) in [5.74, 6) is 0. The van der Waals surface area contributed by atoms with Gasteiger partial charge in [-0.2, -0.15) is 8.42 Å². The molecule has 1 aliphatic rings. The van der Waals surface area contributed by atoms with Crippen molar-refractivity contribution in [3.8, 4) is 0 Å². The molecule has 0 saturated carbocycles. The van der Waals surface area contributed by atoms with E-state index in [1.54, 1.807) is 12.1 Å². The Hall–Kier alpha value is -1.05. The summed E-state index contributed by atoms with van der Waals surface area (Å²) in [4.78, 5) is -0.0391. The molecule has 2 rings (SSSR count). The molecule has 1 saturated heterocycles. The zero-order valence-corrected chi connectivity index (χ0v) is 11.1. The fourth-order valence-corrected chi connectivity index (χ4v) is 2.60. The maximum atomic E-state index is 12.8. The van der Waals surface area contributed by atoms with Crippen molar-refractivity contribution in [3.05, 3.63) is 29.8 Å². The van der Waals surface area contributed by atoms with Gasteiger partial charge in [-0.25, -0.2) is 8.78 Å². The summed E-state index contributed by atoms with van der Waals surface area (Å²) in [6.07, 6.45) is -2.67. The monoisotopic (exact) mass is 292 g/mol. The van der Waals surface area contributed by atoms with Crippen molar-refractivity contribution in [1.82, 2.24) is 0 Å². The molecule has 0 aromatic heterocycles. The van der Waals surface area contributed by atoms with E-state index in [2.05, 4.69) is 0 Å². The highest BCUT2D eigenvalue weighted by Gasteiger charge is 2.48. The van der Waals surface area contributed by atoms with Gasteiger partial charge in [-0.3, -0.25) is 4.18 Å². The summed E-state index contributed by atoms with van der Waals surface area (Å²) >= 11 is 0. The zero-order chi connectivity index (χ0) is 14.1. The first kappa shape index (κ1) is 14.4. The van der Waals surface area contributed by atoms with Crippen molar-refractivity contribution in [2.24, 2.45) is 5.41 Å². The molecule has 0 atom stereocenters. The molecular weight excluding hydrogens is 278 g/mol. The van der Waals surface area contributed by atoms with Crippen LogP contribution in [0.1, 0.15) is 5.56 Å². The van der Waals surface area contributed by atoms with Crippen LogP contribution < -0.4 is 0 Å². The minimum Gasteiger partial charge on any atom is -0.379 e. The van der Waals surface area contributed by atoms with Crippen molar-refractivity contribution < 1.29 is 26.1 Å². The van der Waals surface area contributed by atoms with Crippen LogP contribution in [0.15, 0.2) is 29.2 Å². The van der Waals surface area contributed by atoms with Crippen LogP contribution >= 0.6 is 0 Å². The van der Waals surface area contributed by atoms with Gasteiger partial charge in [0.2, 0.25) is 0 Å². The standard InChI is InChI=1S/C12H14F2O4S/c1-9-2-4-10(5-3-9)19(15,16)18-8-12(11(13)14)6-17-7-12/h2-5,11H,6-8H2,1H3. The van der Waals surface area contributed by atoms with Gasteiger partial charge < -0.3 is 4.74 Å². The third-order valence-corrected chi connectivity index (χ3v) is 4.33. The minimum absolute atomic E-state index is 0.0391. The normalized spacial score (nSPS) is 18.3. The Labute approximate surface area is 110 Å². The Bertz CT molecular complexity index is 535. The molecule has 106 valence electrons. The Balaban J connectivity index is 2.08. The van der Waals surface area contributed by atoms with Crippen LogP contribution in [0, 0.1) is 12.3 Å². The third kappa shape index (κ3) is 2.93. The highest BCUT2D eigenvalue weighted by Crippen LogP contribution is 2.35. The lowest BCUT2D eigenvalue weighted by Gasteiger charge is -2.39. The molecule has 1 aromatic rings. The van der Waals surface area contributed by atoms with E-state index < -0.39 is 28.6 Å². The average molecular weight is 292 g/mol. The van der Waals surface area contributed by atoms with E-state index in [4.69, 9.17) is 8.92 Å². The minimum atomic E-state index is -4.01. The lowest BCUT2D eigenvalue weighted by molar-refractivity contribution is -0.198. The summed E-state index contributed by atoms with van der Waals surface area (Å²) < 4.78 is 58.8. The highest BCUT2D eigenvalue weighted by molar-refractivity contribution is 7.86. The van der Waals surface area contributed by atoms with E-state index in [1.807, 2.05) is 6.92 Å². The quantitative estimate of drug-likeness (QED) is 0.779. The van der Waals surface area contributed by atoms with Gasteiger partial charge in [0, 0.05) is 0 Å². The zero-order valence-electron chi connectivity index (χ0n) is 10.3. The molecule has 1 aliphatic heterocycles. The first-order valence-electron chi connectivity index (χ1n) is 5.68. The molecule has 0 N–H and O–H groups in total. The predicted octanol–water partition coefficient (Wildman–Crippen LogP) is 1.98. The Morgan fingerprint density at radius 3 is 2.32 bits per heavy atom. The lowest BCUT2D eigenvalue weighted by atomic mass is 9.88. The number of rotatable bonds is 5. The van der Waals surface area contributed by atoms with Crippen LogP contribution in [-0.4, -0.2) is 34.7 Å². The molecule has 0 bridgehead atoms. The molecule has 4 nitrogen and oxygen atoms in total. The van der Waals surface area contributed by atoms with Crippen LogP contribution in [0.3, 0.4) is 0 Å². The van der Waals surface area contributed by atoms with Crippen molar-refractivity contribution in [2.45, 2.75) is 18.2 Å². The number of hydrogen-bond donors (Lipinski definition) is 0. The van der Waals surface area contributed by atoms with E-state index in [-0.39, 0.29) is 18.1 Å². The molecule has 1 aromatic carbocycles. The molecule has 0 spiro atoms. The van der Waals surface area contributed by atoms with Gasteiger partial charge in [-0.1, -0.05) is 17.7 Å². The van der Waals surface area contributed by atoms with Gasteiger partial charge in [0.1, 0.15) is 5.41 Å². The Kier molecular flexibility index (Phi) is 3.89. The summed E-state index contributed by atoms with van der Waals surface area (Å²) in [6, 6.07) is 6.01. The smallest absolute Gasteiger partial charge is 0.296 e. The number of halogens is 2. The van der Waals surface area contributed by atoms with Crippen molar-refractivity contribution in [2.75, 3.05) is 19.8 Å². The van der Waals surface area contributed by atoms with E-state index in [0.717, 1.165) is 5.56 Å². The van der Waals surface area contributed by atoms with Gasteiger partial charge in [0.05, 0.1) is 24.7 Å². The summed E-state index contributed by atoms with van der Waals surface area (Å²) in [5, 5.41) is 0. The largest absolute Gasteiger partial charge is 0.379 e. The molecule has 0 aliphatic carbocycles. The fourth-order valence-electron chi connectivity index (χ4n) is 1.60. The first-order valence-corrected chi connectivity index (χ1v) is 7.09. The van der Waals surface area contributed by atoms with Crippen LogP contribution in [0.5, 0.6) is 0 Å².